The van der Waals surface area contributed by atoms with Crippen LogP contribution < -0.4 is 5.32 Å². The number of nitrogens with one attached hydrogen (secondary N) is 1. The van der Waals surface area contributed by atoms with Crippen molar-refractivity contribution in [3.63, 3.8) is 0 Å². The van der Waals surface area contributed by atoms with Gasteiger partial charge in [0, 0.05) is 25.0 Å². The van der Waals surface area contributed by atoms with E-state index in [-0.39, 0.29) is 5.41 Å². The SMILES string of the molecule is CCc1ccc(CNC2CC(OC)C2(C)C)o1. The molecule has 17 heavy (non-hydrogen) atoms. The van der Waals surface area contributed by atoms with Crippen molar-refractivity contribution in [3.8, 4) is 0 Å². The molecule has 96 valence electrons. The van der Waals surface area contributed by atoms with Gasteiger partial charge in [0.15, 0.2) is 0 Å². The van der Waals surface area contributed by atoms with Crippen LogP contribution in [-0.2, 0) is 17.7 Å². The zero-order valence-electron chi connectivity index (χ0n) is 11.2. The van der Waals surface area contributed by atoms with Gasteiger partial charge in [-0.2, -0.15) is 0 Å². The second-order valence-corrected chi connectivity index (χ2v) is 5.44. The lowest BCUT2D eigenvalue weighted by molar-refractivity contribution is -0.0982. The molecule has 0 bridgehead atoms. The first-order valence-electron chi connectivity index (χ1n) is 6.41. The van der Waals surface area contributed by atoms with Crippen molar-refractivity contribution in [3.05, 3.63) is 23.7 Å². The van der Waals surface area contributed by atoms with Gasteiger partial charge >= 0.3 is 0 Å². The predicted molar refractivity (Wildman–Crippen MR) is 67.9 cm³/mol. The number of aryl methyl sites for hydroxylation is 1. The highest BCUT2D eigenvalue weighted by Gasteiger charge is 2.48. The van der Waals surface area contributed by atoms with Crippen LogP contribution in [0.15, 0.2) is 16.5 Å². The summed E-state index contributed by atoms with van der Waals surface area (Å²) >= 11 is 0. The molecule has 0 saturated heterocycles. The average Bonchev–Trinajstić information content (AvgIpc) is 2.76. The van der Waals surface area contributed by atoms with E-state index < -0.39 is 0 Å². The fourth-order valence-electron chi connectivity index (χ4n) is 2.56. The normalized spacial score (nSPS) is 26.8. The Balaban J connectivity index is 1.83. The molecule has 0 radical (unpaired) electrons. The first kappa shape index (κ1) is 12.7. The summed E-state index contributed by atoms with van der Waals surface area (Å²) in [6.07, 6.45) is 2.42. The Morgan fingerprint density at radius 3 is 2.65 bits per heavy atom. The molecule has 2 rings (SSSR count). The maximum Gasteiger partial charge on any atom is 0.117 e. The standard InChI is InChI=1S/C14H23NO2/c1-5-10-6-7-11(17-10)9-15-12-8-13(16-4)14(12,2)3/h6-7,12-13,15H,5,8-9H2,1-4H3. The van der Waals surface area contributed by atoms with Gasteiger partial charge in [-0.05, 0) is 18.6 Å². The molecule has 1 saturated carbocycles. The Hall–Kier alpha value is -0.800. The Morgan fingerprint density at radius 2 is 2.12 bits per heavy atom. The van der Waals surface area contributed by atoms with E-state index >= 15 is 0 Å². The molecule has 3 nitrogen and oxygen atoms in total. The molecule has 1 aromatic rings. The summed E-state index contributed by atoms with van der Waals surface area (Å²) in [5, 5.41) is 3.55. The van der Waals surface area contributed by atoms with Crippen LogP contribution in [0.4, 0.5) is 0 Å². The number of hydrogen-bond acceptors (Lipinski definition) is 3. The topological polar surface area (TPSA) is 34.4 Å². The third kappa shape index (κ3) is 2.40. The number of furan rings is 1. The number of methoxy groups -OCH3 is 1. The van der Waals surface area contributed by atoms with E-state index in [1.807, 2.05) is 0 Å². The van der Waals surface area contributed by atoms with Gasteiger partial charge in [-0.1, -0.05) is 20.8 Å². The van der Waals surface area contributed by atoms with E-state index in [1.54, 1.807) is 7.11 Å². The minimum atomic E-state index is 0.217. The lowest BCUT2D eigenvalue weighted by Crippen LogP contribution is -2.60. The molecule has 1 aromatic heterocycles. The number of rotatable bonds is 5. The van der Waals surface area contributed by atoms with Crippen molar-refractivity contribution in [2.45, 2.75) is 52.3 Å². The van der Waals surface area contributed by atoms with E-state index in [2.05, 4.69) is 38.2 Å². The Bertz CT molecular complexity index is 370. The van der Waals surface area contributed by atoms with Crippen LogP contribution in [0.1, 0.15) is 38.7 Å². The van der Waals surface area contributed by atoms with E-state index in [1.165, 1.54) is 0 Å². The molecule has 1 aliphatic rings. The zero-order chi connectivity index (χ0) is 12.5. The van der Waals surface area contributed by atoms with Crippen LogP contribution in [0, 0.1) is 5.41 Å². The van der Waals surface area contributed by atoms with Gasteiger partial charge in [0.25, 0.3) is 0 Å². The van der Waals surface area contributed by atoms with Crippen LogP contribution in [0.5, 0.6) is 0 Å². The van der Waals surface area contributed by atoms with Crippen molar-refractivity contribution in [2.24, 2.45) is 5.41 Å². The molecule has 0 spiro atoms. The largest absolute Gasteiger partial charge is 0.465 e. The molecule has 1 aliphatic carbocycles. The fraction of sp³-hybridized carbons (Fsp3) is 0.714. The highest BCUT2D eigenvalue weighted by Crippen LogP contribution is 2.42. The van der Waals surface area contributed by atoms with Gasteiger partial charge < -0.3 is 14.5 Å². The van der Waals surface area contributed by atoms with Crippen molar-refractivity contribution in [1.82, 2.24) is 5.32 Å². The van der Waals surface area contributed by atoms with E-state index in [4.69, 9.17) is 9.15 Å². The van der Waals surface area contributed by atoms with E-state index in [0.29, 0.717) is 12.1 Å². The highest BCUT2D eigenvalue weighted by atomic mass is 16.5. The van der Waals surface area contributed by atoms with Gasteiger partial charge in [0.1, 0.15) is 11.5 Å². The molecule has 1 N–H and O–H groups in total. The molecular formula is C14H23NO2. The summed E-state index contributed by atoms with van der Waals surface area (Å²) < 4.78 is 11.1. The predicted octanol–water partition coefficient (Wildman–Crippen LogP) is 2.75. The van der Waals surface area contributed by atoms with Crippen LogP contribution in [0.2, 0.25) is 0 Å². The van der Waals surface area contributed by atoms with E-state index in [9.17, 15) is 0 Å². The van der Waals surface area contributed by atoms with Crippen molar-refractivity contribution < 1.29 is 9.15 Å². The average molecular weight is 237 g/mol. The van der Waals surface area contributed by atoms with Gasteiger partial charge in [-0.25, -0.2) is 0 Å². The first-order chi connectivity index (χ1) is 8.07. The summed E-state index contributed by atoms with van der Waals surface area (Å²) in [5.74, 6) is 2.09. The molecule has 1 heterocycles. The second-order valence-electron chi connectivity index (χ2n) is 5.44. The monoisotopic (exact) mass is 237 g/mol. The van der Waals surface area contributed by atoms with E-state index in [0.717, 1.165) is 30.9 Å². The maximum atomic E-state index is 5.68. The van der Waals surface area contributed by atoms with Crippen LogP contribution in [-0.4, -0.2) is 19.3 Å². The molecule has 2 atom stereocenters. The second kappa shape index (κ2) is 4.83. The van der Waals surface area contributed by atoms with Crippen LogP contribution in [0.3, 0.4) is 0 Å². The Morgan fingerprint density at radius 1 is 1.41 bits per heavy atom. The van der Waals surface area contributed by atoms with Crippen molar-refractivity contribution in [2.75, 3.05) is 7.11 Å². The molecule has 1 fully saturated rings. The molecule has 0 aliphatic heterocycles. The lowest BCUT2D eigenvalue weighted by Gasteiger charge is -2.51. The van der Waals surface area contributed by atoms with Gasteiger partial charge in [-0.15, -0.1) is 0 Å². The Kier molecular flexibility index (Phi) is 3.59. The van der Waals surface area contributed by atoms with Gasteiger partial charge in [0.2, 0.25) is 0 Å². The quantitative estimate of drug-likeness (QED) is 0.855. The minimum absolute atomic E-state index is 0.217. The summed E-state index contributed by atoms with van der Waals surface area (Å²) in [7, 11) is 1.79. The molecule has 3 heteroatoms. The molecule has 2 unspecified atom stereocenters. The fourth-order valence-corrected chi connectivity index (χ4v) is 2.56. The summed E-state index contributed by atoms with van der Waals surface area (Å²) in [6, 6.07) is 4.63. The smallest absolute Gasteiger partial charge is 0.117 e. The first-order valence-corrected chi connectivity index (χ1v) is 6.41. The lowest BCUT2D eigenvalue weighted by atomic mass is 9.64. The molecule has 0 amide bonds. The third-order valence-electron chi connectivity index (χ3n) is 4.05. The van der Waals surface area contributed by atoms with Crippen LogP contribution >= 0.6 is 0 Å². The number of ether oxygens (including phenoxy) is 1. The zero-order valence-corrected chi connectivity index (χ0v) is 11.2. The summed E-state index contributed by atoms with van der Waals surface area (Å²) in [6.45, 7) is 7.42. The van der Waals surface area contributed by atoms with Crippen LogP contribution in [0.25, 0.3) is 0 Å². The molecular weight excluding hydrogens is 214 g/mol. The highest BCUT2D eigenvalue weighted by molar-refractivity contribution is 5.08. The summed E-state index contributed by atoms with van der Waals surface area (Å²) in [5.41, 5.74) is 0.217. The molecule has 0 aromatic carbocycles. The third-order valence-corrected chi connectivity index (χ3v) is 4.05. The Labute approximate surface area is 104 Å². The van der Waals surface area contributed by atoms with Gasteiger partial charge in [0.05, 0.1) is 12.6 Å². The minimum Gasteiger partial charge on any atom is -0.465 e. The van der Waals surface area contributed by atoms with Gasteiger partial charge in [-0.3, -0.25) is 0 Å². The summed E-state index contributed by atoms with van der Waals surface area (Å²) in [4.78, 5) is 0. The maximum absolute atomic E-state index is 5.68. The van der Waals surface area contributed by atoms with Crippen molar-refractivity contribution >= 4 is 0 Å². The van der Waals surface area contributed by atoms with Crippen molar-refractivity contribution in [1.29, 1.82) is 0 Å². The number of hydrogen-bond donors (Lipinski definition) is 1.